The Labute approximate surface area is 115 Å². The minimum absolute atomic E-state index is 0.0467. The molecule has 106 valence electrons. The second-order valence-electron chi connectivity index (χ2n) is 3.88. The molecule has 1 rings (SSSR count). The van der Waals surface area contributed by atoms with Crippen LogP contribution >= 0.6 is 11.8 Å². The summed E-state index contributed by atoms with van der Waals surface area (Å²) in [6, 6.07) is 2.73. The van der Waals surface area contributed by atoms with Crippen LogP contribution in [0, 0.1) is 10.1 Å². The number of nitrogens with one attached hydrogen (secondary N) is 1. The van der Waals surface area contributed by atoms with Crippen molar-refractivity contribution in [2.24, 2.45) is 0 Å². The van der Waals surface area contributed by atoms with E-state index < -0.39 is 11.0 Å². The van der Waals surface area contributed by atoms with Gasteiger partial charge in [-0.1, -0.05) is 6.92 Å². The van der Waals surface area contributed by atoms with Crippen molar-refractivity contribution in [1.29, 1.82) is 0 Å². The van der Waals surface area contributed by atoms with E-state index in [0.717, 1.165) is 6.42 Å². The summed E-state index contributed by atoms with van der Waals surface area (Å²) in [5, 5.41) is 32.2. The quantitative estimate of drug-likeness (QED) is 0.375. The first-order chi connectivity index (χ1) is 9.06. The zero-order valence-electron chi connectivity index (χ0n) is 10.6. The van der Waals surface area contributed by atoms with E-state index in [1.165, 1.54) is 23.9 Å². The first-order valence-electron chi connectivity index (χ1n) is 5.89. The second kappa shape index (κ2) is 7.93. The molecule has 0 saturated heterocycles. The van der Waals surface area contributed by atoms with Crippen molar-refractivity contribution in [3.05, 3.63) is 22.2 Å². The van der Waals surface area contributed by atoms with Crippen molar-refractivity contribution < 1.29 is 15.1 Å². The van der Waals surface area contributed by atoms with Crippen LogP contribution < -0.4 is 5.32 Å². The standard InChI is InChI=1S/C11H17N3O4S/c1-2-3-12-10-4-8(14(17)18)5-11(13-10)19-7-9(16)6-15/h4-5,9,15-16H,2-3,6-7H2,1H3,(H,12,13). The van der Waals surface area contributed by atoms with E-state index in [1.807, 2.05) is 6.92 Å². The van der Waals surface area contributed by atoms with E-state index >= 15 is 0 Å². The third-order valence-electron chi connectivity index (χ3n) is 2.19. The average molecular weight is 287 g/mol. The zero-order valence-corrected chi connectivity index (χ0v) is 11.4. The van der Waals surface area contributed by atoms with Gasteiger partial charge in [0.1, 0.15) is 10.8 Å². The van der Waals surface area contributed by atoms with Gasteiger partial charge in [0.25, 0.3) is 5.69 Å². The number of anilines is 1. The van der Waals surface area contributed by atoms with Gasteiger partial charge in [-0.05, 0) is 6.42 Å². The molecule has 1 atom stereocenters. The highest BCUT2D eigenvalue weighted by Gasteiger charge is 2.12. The molecule has 1 aromatic heterocycles. The molecule has 0 amide bonds. The third kappa shape index (κ3) is 5.41. The van der Waals surface area contributed by atoms with Crippen molar-refractivity contribution in [1.82, 2.24) is 4.98 Å². The van der Waals surface area contributed by atoms with Gasteiger partial charge in [0.15, 0.2) is 0 Å². The molecular formula is C11H17N3O4S. The van der Waals surface area contributed by atoms with Gasteiger partial charge in [-0.3, -0.25) is 10.1 Å². The Balaban J connectivity index is 2.83. The number of hydrogen-bond acceptors (Lipinski definition) is 7. The summed E-state index contributed by atoms with van der Waals surface area (Å²) in [6.07, 6.45) is 0.0221. The smallest absolute Gasteiger partial charge is 0.275 e. The molecule has 0 bridgehead atoms. The second-order valence-corrected chi connectivity index (χ2v) is 4.92. The molecule has 0 aliphatic carbocycles. The molecule has 0 spiro atoms. The molecule has 1 aromatic rings. The highest BCUT2D eigenvalue weighted by atomic mass is 32.2. The number of rotatable bonds is 8. The van der Waals surface area contributed by atoms with Crippen molar-refractivity contribution >= 4 is 23.3 Å². The predicted molar refractivity (Wildman–Crippen MR) is 73.5 cm³/mol. The summed E-state index contributed by atoms with van der Waals surface area (Å²) in [7, 11) is 0. The Morgan fingerprint density at radius 1 is 1.58 bits per heavy atom. The van der Waals surface area contributed by atoms with E-state index in [-0.39, 0.29) is 18.0 Å². The lowest BCUT2D eigenvalue weighted by molar-refractivity contribution is -0.385. The van der Waals surface area contributed by atoms with Crippen molar-refractivity contribution in [2.45, 2.75) is 24.5 Å². The van der Waals surface area contributed by atoms with Crippen LogP contribution in [0.3, 0.4) is 0 Å². The number of aliphatic hydroxyl groups excluding tert-OH is 2. The van der Waals surface area contributed by atoms with Crippen molar-refractivity contribution in [3.63, 3.8) is 0 Å². The fourth-order valence-electron chi connectivity index (χ4n) is 1.25. The first kappa shape index (κ1) is 15.7. The van der Waals surface area contributed by atoms with Gasteiger partial charge in [0, 0.05) is 18.4 Å². The Morgan fingerprint density at radius 3 is 2.89 bits per heavy atom. The first-order valence-corrected chi connectivity index (χ1v) is 6.87. The van der Waals surface area contributed by atoms with Gasteiger partial charge in [-0.15, -0.1) is 11.8 Å². The summed E-state index contributed by atoms with van der Waals surface area (Å²) in [5.41, 5.74) is -0.0467. The van der Waals surface area contributed by atoms with E-state index in [0.29, 0.717) is 17.4 Å². The average Bonchev–Trinajstić information content (AvgIpc) is 2.42. The minimum atomic E-state index is -0.863. The van der Waals surface area contributed by atoms with Gasteiger partial charge in [-0.25, -0.2) is 4.98 Å². The lowest BCUT2D eigenvalue weighted by Crippen LogP contribution is -2.14. The van der Waals surface area contributed by atoms with Crippen LogP contribution in [0.2, 0.25) is 0 Å². The Bertz CT molecular complexity index is 430. The molecule has 0 aliphatic rings. The number of nitro groups is 1. The molecule has 0 aliphatic heterocycles. The van der Waals surface area contributed by atoms with Crippen molar-refractivity contribution in [2.75, 3.05) is 24.2 Å². The van der Waals surface area contributed by atoms with Gasteiger partial charge in [0.05, 0.1) is 23.7 Å². The molecular weight excluding hydrogens is 270 g/mol. The SMILES string of the molecule is CCCNc1cc([N+](=O)[O-])cc(SCC(O)CO)n1. The topological polar surface area (TPSA) is 109 Å². The lowest BCUT2D eigenvalue weighted by Gasteiger charge is -2.08. The Kier molecular flexibility index (Phi) is 6.54. The number of hydrogen-bond donors (Lipinski definition) is 3. The lowest BCUT2D eigenvalue weighted by atomic mass is 10.4. The summed E-state index contributed by atoms with van der Waals surface area (Å²) in [5.74, 6) is 0.676. The summed E-state index contributed by atoms with van der Waals surface area (Å²) in [4.78, 5) is 14.6. The maximum absolute atomic E-state index is 10.8. The molecule has 0 aromatic carbocycles. The van der Waals surface area contributed by atoms with Crippen LogP contribution in [0.4, 0.5) is 11.5 Å². The Hall–Kier alpha value is -1.38. The van der Waals surface area contributed by atoms with Gasteiger partial charge < -0.3 is 15.5 Å². The fourth-order valence-corrected chi connectivity index (χ4v) is 2.08. The summed E-state index contributed by atoms with van der Waals surface area (Å²) < 4.78 is 0. The molecule has 19 heavy (non-hydrogen) atoms. The van der Waals surface area contributed by atoms with Crippen LogP contribution in [-0.2, 0) is 0 Å². The molecule has 0 radical (unpaired) electrons. The molecule has 0 fully saturated rings. The Morgan fingerprint density at radius 2 is 2.32 bits per heavy atom. The highest BCUT2D eigenvalue weighted by Crippen LogP contribution is 2.25. The highest BCUT2D eigenvalue weighted by molar-refractivity contribution is 7.99. The van der Waals surface area contributed by atoms with Crippen LogP contribution in [0.5, 0.6) is 0 Å². The van der Waals surface area contributed by atoms with E-state index in [9.17, 15) is 15.2 Å². The number of pyridine rings is 1. The van der Waals surface area contributed by atoms with Gasteiger partial charge >= 0.3 is 0 Å². The molecule has 0 saturated carbocycles. The molecule has 3 N–H and O–H groups in total. The number of aliphatic hydroxyl groups is 2. The van der Waals surface area contributed by atoms with Crippen LogP contribution in [0.15, 0.2) is 17.2 Å². The van der Waals surface area contributed by atoms with Crippen LogP contribution in [0.25, 0.3) is 0 Å². The molecule has 7 nitrogen and oxygen atoms in total. The molecule has 8 heteroatoms. The molecule has 1 heterocycles. The minimum Gasteiger partial charge on any atom is -0.394 e. The van der Waals surface area contributed by atoms with E-state index in [1.54, 1.807) is 0 Å². The zero-order chi connectivity index (χ0) is 14.3. The predicted octanol–water partition coefficient (Wildman–Crippen LogP) is 1.26. The normalized spacial score (nSPS) is 12.2. The molecule has 1 unspecified atom stereocenters. The van der Waals surface area contributed by atoms with Crippen LogP contribution in [0.1, 0.15) is 13.3 Å². The third-order valence-corrected chi connectivity index (χ3v) is 3.24. The largest absolute Gasteiger partial charge is 0.394 e. The summed E-state index contributed by atoms with van der Waals surface area (Å²) in [6.45, 7) is 2.32. The maximum Gasteiger partial charge on any atom is 0.275 e. The fraction of sp³-hybridized carbons (Fsp3) is 0.545. The maximum atomic E-state index is 10.8. The monoisotopic (exact) mass is 287 g/mol. The number of aromatic nitrogens is 1. The van der Waals surface area contributed by atoms with E-state index in [2.05, 4.69) is 10.3 Å². The van der Waals surface area contributed by atoms with Gasteiger partial charge in [-0.2, -0.15) is 0 Å². The van der Waals surface area contributed by atoms with Crippen LogP contribution in [-0.4, -0.2) is 45.1 Å². The summed E-state index contributed by atoms with van der Waals surface area (Å²) >= 11 is 1.17. The van der Waals surface area contributed by atoms with Gasteiger partial charge in [0.2, 0.25) is 0 Å². The number of nitrogens with zero attached hydrogens (tertiary/aromatic N) is 2. The van der Waals surface area contributed by atoms with E-state index in [4.69, 9.17) is 5.11 Å². The van der Waals surface area contributed by atoms with Crippen molar-refractivity contribution in [3.8, 4) is 0 Å². The number of thioether (sulfide) groups is 1.